The summed E-state index contributed by atoms with van der Waals surface area (Å²) in [5.41, 5.74) is 2.20. The summed E-state index contributed by atoms with van der Waals surface area (Å²) in [5.74, 6) is 0.934. The van der Waals surface area contributed by atoms with Crippen LogP contribution in [0.15, 0.2) is 53.1 Å². The van der Waals surface area contributed by atoms with E-state index in [0.717, 1.165) is 16.9 Å². The average molecular weight is 324 g/mol. The monoisotopic (exact) mass is 324 g/mol. The number of hydrogen-bond donors (Lipinski definition) is 1. The molecule has 0 saturated carbocycles. The van der Waals surface area contributed by atoms with Crippen molar-refractivity contribution in [2.75, 3.05) is 7.11 Å². The molecule has 0 aliphatic rings. The first kappa shape index (κ1) is 15.7. The predicted molar refractivity (Wildman–Crippen MR) is 86.3 cm³/mol. The van der Waals surface area contributed by atoms with E-state index in [1.54, 1.807) is 31.4 Å². The molecule has 0 bridgehead atoms. The van der Waals surface area contributed by atoms with Gasteiger partial charge in [-0.05, 0) is 35.4 Å². The maximum atomic E-state index is 10.8. The van der Waals surface area contributed by atoms with E-state index in [-0.39, 0.29) is 5.56 Å². The molecule has 1 heterocycles. The SMILES string of the molecule is COc1cccc(Cc2nc(Cc3ccc(C(=O)O)cc3)no2)c1. The molecule has 0 aliphatic carbocycles. The number of carboxylic acids is 1. The van der Waals surface area contributed by atoms with Gasteiger partial charge in [-0.25, -0.2) is 4.79 Å². The highest BCUT2D eigenvalue weighted by atomic mass is 16.5. The number of hydrogen-bond acceptors (Lipinski definition) is 5. The van der Waals surface area contributed by atoms with Gasteiger partial charge in [-0.2, -0.15) is 4.98 Å². The summed E-state index contributed by atoms with van der Waals surface area (Å²) in [6.45, 7) is 0. The van der Waals surface area contributed by atoms with E-state index in [4.69, 9.17) is 14.4 Å². The Morgan fingerprint density at radius 1 is 1.12 bits per heavy atom. The van der Waals surface area contributed by atoms with Crippen LogP contribution in [0.25, 0.3) is 0 Å². The second-order valence-corrected chi connectivity index (χ2v) is 5.31. The molecule has 1 N–H and O–H groups in total. The lowest BCUT2D eigenvalue weighted by molar-refractivity contribution is 0.0697. The Hall–Kier alpha value is -3.15. The lowest BCUT2D eigenvalue weighted by atomic mass is 10.1. The van der Waals surface area contributed by atoms with Crippen LogP contribution in [0, 0.1) is 0 Å². The second-order valence-electron chi connectivity index (χ2n) is 5.31. The van der Waals surface area contributed by atoms with E-state index in [1.807, 2.05) is 24.3 Å². The largest absolute Gasteiger partial charge is 0.497 e. The minimum absolute atomic E-state index is 0.255. The van der Waals surface area contributed by atoms with Gasteiger partial charge >= 0.3 is 5.97 Å². The normalized spacial score (nSPS) is 10.5. The van der Waals surface area contributed by atoms with E-state index in [2.05, 4.69) is 10.1 Å². The first-order chi connectivity index (χ1) is 11.6. The van der Waals surface area contributed by atoms with Gasteiger partial charge in [0.05, 0.1) is 19.1 Å². The number of carbonyl (C=O) groups is 1. The van der Waals surface area contributed by atoms with Crippen LogP contribution < -0.4 is 4.74 Å². The fraction of sp³-hybridized carbons (Fsp3) is 0.167. The standard InChI is InChI=1S/C18H16N2O4/c1-23-15-4-2-3-13(9-15)11-17-19-16(20-24-17)10-12-5-7-14(8-6-12)18(21)22/h2-9H,10-11H2,1H3,(H,21,22). The van der Waals surface area contributed by atoms with Gasteiger partial charge in [-0.15, -0.1) is 0 Å². The van der Waals surface area contributed by atoms with Crippen LogP contribution in [0.1, 0.15) is 33.2 Å². The van der Waals surface area contributed by atoms with Gasteiger partial charge in [0.25, 0.3) is 0 Å². The first-order valence-electron chi connectivity index (χ1n) is 7.40. The molecule has 2 aromatic carbocycles. The Kier molecular flexibility index (Phi) is 4.56. The molecule has 0 radical (unpaired) electrons. The van der Waals surface area contributed by atoms with Crippen molar-refractivity contribution in [1.82, 2.24) is 10.1 Å². The maximum absolute atomic E-state index is 10.8. The van der Waals surface area contributed by atoms with Crippen molar-refractivity contribution in [2.45, 2.75) is 12.8 Å². The summed E-state index contributed by atoms with van der Waals surface area (Å²) < 4.78 is 10.5. The lowest BCUT2D eigenvalue weighted by Crippen LogP contribution is -1.97. The van der Waals surface area contributed by atoms with Gasteiger partial charge in [0.15, 0.2) is 5.82 Å². The fourth-order valence-electron chi connectivity index (χ4n) is 2.34. The molecule has 0 amide bonds. The Labute approximate surface area is 138 Å². The molecule has 0 atom stereocenters. The van der Waals surface area contributed by atoms with E-state index in [9.17, 15) is 4.79 Å². The second kappa shape index (κ2) is 6.95. The van der Waals surface area contributed by atoms with Crippen molar-refractivity contribution in [3.8, 4) is 5.75 Å². The molecule has 6 nitrogen and oxygen atoms in total. The van der Waals surface area contributed by atoms with Gasteiger partial charge in [-0.3, -0.25) is 0 Å². The molecule has 1 aromatic heterocycles. The number of rotatable bonds is 6. The maximum Gasteiger partial charge on any atom is 0.335 e. The molecular weight excluding hydrogens is 308 g/mol. The van der Waals surface area contributed by atoms with Crippen LogP contribution in [0.4, 0.5) is 0 Å². The predicted octanol–water partition coefficient (Wildman–Crippen LogP) is 2.96. The van der Waals surface area contributed by atoms with Crippen molar-refractivity contribution in [3.05, 3.63) is 76.9 Å². The molecule has 0 unspecified atom stereocenters. The molecule has 0 spiro atoms. The zero-order chi connectivity index (χ0) is 16.9. The number of ether oxygens (including phenoxy) is 1. The highest BCUT2D eigenvalue weighted by molar-refractivity contribution is 5.87. The summed E-state index contributed by atoms with van der Waals surface area (Å²) in [6, 6.07) is 14.3. The molecule has 0 aliphatic heterocycles. The summed E-state index contributed by atoms with van der Waals surface area (Å²) in [4.78, 5) is 15.2. The third kappa shape index (κ3) is 3.78. The quantitative estimate of drug-likeness (QED) is 0.750. The summed E-state index contributed by atoms with van der Waals surface area (Å²) in [6.07, 6.45) is 1.02. The third-order valence-corrected chi connectivity index (χ3v) is 3.56. The van der Waals surface area contributed by atoms with Crippen molar-refractivity contribution >= 4 is 5.97 Å². The van der Waals surface area contributed by atoms with E-state index in [1.165, 1.54) is 0 Å². The summed E-state index contributed by atoms with van der Waals surface area (Å²) >= 11 is 0. The topological polar surface area (TPSA) is 85.5 Å². The minimum Gasteiger partial charge on any atom is -0.497 e. The van der Waals surface area contributed by atoms with Gasteiger partial charge in [0, 0.05) is 6.42 Å². The van der Waals surface area contributed by atoms with Crippen molar-refractivity contribution in [2.24, 2.45) is 0 Å². The van der Waals surface area contributed by atoms with Gasteiger partial charge in [-0.1, -0.05) is 29.4 Å². The molecule has 0 fully saturated rings. The molecule has 3 rings (SSSR count). The van der Waals surface area contributed by atoms with Crippen LogP contribution in [-0.2, 0) is 12.8 Å². The van der Waals surface area contributed by atoms with E-state index >= 15 is 0 Å². The zero-order valence-corrected chi connectivity index (χ0v) is 13.1. The van der Waals surface area contributed by atoms with Gasteiger partial charge in [0.2, 0.25) is 5.89 Å². The molecule has 6 heteroatoms. The van der Waals surface area contributed by atoms with Crippen molar-refractivity contribution < 1.29 is 19.2 Å². The minimum atomic E-state index is -0.943. The molecule has 122 valence electrons. The third-order valence-electron chi connectivity index (χ3n) is 3.56. The first-order valence-corrected chi connectivity index (χ1v) is 7.40. The highest BCUT2D eigenvalue weighted by Gasteiger charge is 2.09. The summed E-state index contributed by atoms with van der Waals surface area (Å²) in [7, 11) is 1.62. The molecule has 24 heavy (non-hydrogen) atoms. The van der Waals surface area contributed by atoms with Crippen molar-refractivity contribution in [3.63, 3.8) is 0 Å². The number of aromatic nitrogens is 2. The summed E-state index contributed by atoms with van der Waals surface area (Å²) in [5, 5.41) is 12.9. The highest BCUT2D eigenvalue weighted by Crippen LogP contribution is 2.16. The van der Waals surface area contributed by atoms with Gasteiger partial charge < -0.3 is 14.4 Å². The van der Waals surface area contributed by atoms with Crippen LogP contribution in [0.5, 0.6) is 5.75 Å². The van der Waals surface area contributed by atoms with Crippen LogP contribution in [0.3, 0.4) is 0 Å². The Bertz CT molecular complexity index is 840. The number of nitrogens with zero attached hydrogens (tertiary/aromatic N) is 2. The average Bonchev–Trinajstić information content (AvgIpc) is 3.02. The number of methoxy groups -OCH3 is 1. The van der Waals surface area contributed by atoms with E-state index in [0.29, 0.717) is 24.6 Å². The molecule has 3 aromatic rings. The number of aromatic carboxylic acids is 1. The van der Waals surface area contributed by atoms with Crippen LogP contribution in [0.2, 0.25) is 0 Å². The number of benzene rings is 2. The number of carboxylic acid groups (broad SMARTS) is 1. The zero-order valence-electron chi connectivity index (χ0n) is 13.1. The molecular formula is C18H16N2O4. The lowest BCUT2D eigenvalue weighted by Gasteiger charge is -2.01. The fourth-order valence-corrected chi connectivity index (χ4v) is 2.34. The van der Waals surface area contributed by atoms with Crippen molar-refractivity contribution in [1.29, 1.82) is 0 Å². The van der Waals surface area contributed by atoms with E-state index < -0.39 is 5.97 Å². The van der Waals surface area contributed by atoms with Crippen LogP contribution in [-0.4, -0.2) is 28.3 Å². The smallest absolute Gasteiger partial charge is 0.335 e. The Morgan fingerprint density at radius 2 is 1.92 bits per heavy atom. The Morgan fingerprint density at radius 3 is 2.62 bits per heavy atom. The Balaban J connectivity index is 1.67. The molecule has 0 saturated heterocycles. The van der Waals surface area contributed by atoms with Gasteiger partial charge in [0.1, 0.15) is 5.75 Å². The van der Waals surface area contributed by atoms with Crippen LogP contribution >= 0.6 is 0 Å².